The van der Waals surface area contributed by atoms with Gasteiger partial charge < -0.3 is 15.5 Å². The zero-order valence-corrected chi connectivity index (χ0v) is 14.0. The second-order valence-corrected chi connectivity index (χ2v) is 6.08. The molecule has 0 atom stereocenters. The molecule has 132 valence electrons. The SMILES string of the molecule is O=C(O)C1CCC(C(=O)O)CC1.c1ccc(Nc2ccccc2)cc1. The Morgan fingerprint density at radius 1 is 0.680 bits per heavy atom. The molecule has 0 saturated heterocycles. The zero-order chi connectivity index (χ0) is 18.1. The second kappa shape index (κ2) is 9.47. The molecule has 0 bridgehead atoms. The van der Waals surface area contributed by atoms with Crippen molar-refractivity contribution in [2.75, 3.05) is 5.32 Å². The van der Waals surface area contributed by atoms with Gasteiger partial charge in [0.1, 0.15) is 0 Å². The van der Waals surface area contributed by atoms with Gasteiger partial charge in [-0.25, -0.2) is 0 Å². The van der Waals surface area contributed by atoms with Crippen LogP contribution in [0.25, 0.3) is 0 Å². The molecule has 1 saturated carbocycles. The molecule has 0 spiro atoms. The molecule has 0 unspecified atom stereocenters. The second-order valence-electron chi connectivity index (χ2n) is 6.08. The lowest BCUT2D eigenvalue weighted by molar-refractivity contribution is -0.148. The largest absolute Gasteiger partial charge is 0.481 e. The van der Waals surface area contributed by atoms with Gasteiger partial charge in [0.2, 0.25) is 0 Å². The number of carboxylic acid groups (broad SMARTS) is 2. The predicted molar refractivity (Wildman–Crippen MR) is 96.9 cm³/mol. The van der Waals surface area contributed by atoms with E-state index in [1.807, 2.05) is 60.7 Å². The Morgan fingerprint density at radius 3 is 1.28 bits per heavy atom. The highest BCUT2D eigenvalue weighted by Gasteiger charge is 2.29. The quantitative estimate of drug-likeness (QED) is 0.767. The summed E-state index contributed by atoms with van der Waals surface area (Å²) in [4.78, 5) is 21.0. The molecular formula is C20H23NO4. The third-order valence-electron chi connectivity index (χ3n) is 4.26. The summed E-state index contributed by atoms with van der Waals surface area (Å²) in [5, 5.41) is 20.5. The first-order valence-corrected chi connectivity index (χ1v) is 8.39. The number of rotatable bonds is 4. The maximum atomic E-state index is 10.5. The Morgan fingerprint density at radius 2 is 1.00 bits per heavy atom. The zero-order valence-electron chi connectivity index (χ0n) is 14.0. The molecule has 1 aliphatic carbocycles. The van der Waals surface area contributed by atoms with Gasteiger partial charge >= 0.3 is 11.9 Å². The predicted octanol–water partition coefficient (Wildman–Crippen LogP) is 4.39. The first kappa shape index (κ1) is 18.5. The molecule has 0 amide bonds. The summed E-state index contributed by atoms with van der Waals surface area (Å²) < 4.78 is 0. The minimum absolute atomic E-state index is 0.319. The summed E-state index contributed by atoms with van der Waals surface area (Å²) >= 11 is 0. The lowest BCUT2D eigenvalue weighted by Gasteiger charge is -2.22. The van der Waals surface area contributed by atoms with Gasteiger partial charge in [0, 0.05) is 11.4 Å². The van der Waals surface area contributed by atoms with Crippen molar-refractivity contribution in [3.8, 4) is 0 Å². The normalized spacial score (nSPS) is 19.2. The summed E-state index contributed by atoms with van der Waals surface area (Å²) in [7, 11) is 0. The molecule has 0 aromatic heterocycles. The van der Waals surface area contributed by atoms with Crippen LogP contribution in [-0.4, -0.2) is 22.2 Å². The van der Waals surface area contributed by atoms with Crippen LogP contribution in [0.5, 0.6) is 0 Å². The highest BCUT2D eigenvalue weighted by Crippen LogP contribution is 2.28. The minimum Gasteiger partial charge on any atom is -0.481 e. The molecule has 5 nitrogen and oxygen atoms in total. The molecular weight excluding hydrogens is 318 g/mol. The van der Waals surface area contributed by atoms with E-state index in [2.05, 4.69) is 5.32 Å². The number of hydrogen-bond donors (Lipinski definition) is 3. The third kappa shape index (κ3) is 6.30. The van der Waals surface area contributed by atoms with E-state index in [-0.39, 0.29) is 11.8 Å². The average molecular weight is 341 g/mol. The summed E-state index contributed by atoms with van der Waals surface area (Å²) in [6.45, 7) is 0. The third-order valence-corrected chi connectivity index (χ3v) is 4.26. The van der Waals surface area contributed by atoms with E-state index >= 15 is 0 Å². The van der Waals surface area contributed by atoms with Crippen molar-refractivity contribution >= 4 is 23.3 Å². The summed E-state index contributed by atoms with van der Waals surface area (Å²) in [5.41, 5.74) is 2.24. The number of hydrogen-bond acceptors (Lipinski definition) is 3. The van der Waals surface area contributed by atoms with Gasteiger partial charge in [-0.3, -0.25) is 9.59 Å². The molecule has 2 aromatic carbocycles. The fraction of sp³-hybridized carbons (Fsp3) is 0.300. The van der Waals surface area contributed by atoms with Gasteiger partial charge in [-0.05, 0) is 49.9 Å². The van der Waals surface area contributed by atoms with E-state index in [9.17, 15) is 9.59 Å². The number of carboxylic acids is 2. The molecule has 5 heteroatoms. The van der Waals surface area contributed by atoms with Crippen LogP contribution in [-0.2, 0) is 9.59 Å². The van der Waals surface area contributed by atoms with Crippen molar-refractivity contribution in [1.82, 2.24) is 0 Å². The molecule has 0 aliphatic heterocycles. The monoisotopic (exact) mass is 341 g/mol. The van der Waals surface area contributed by atoms with E-state index in [1.165, 1.54) is 0 Å². The number of nitrogens with one attached hydrogen (secondary N) is 1. The fourth-order valence-corrected chi connectivity index (χ4v) is 2.80. The number of carbonyl (C=O) groups is 2. The fourth-order valence-electron chi connectivity index (χ4n) is 2.80. The van der Waals surface area contributed by atoms with E-state index in [0.717, 1.165) is 11.4 Å². The topological polar surface area (TPSA) is 86.6 Å². The molecule has 0 heterocycles. The highest BCUT2D eigenvalue weighted by atomic mass is 16.4. The summed E-state index contributed by atoms with van der Waals surface area (Å²) in [6, 6.07) is 20.3. The Labute approximate surface area is 147 Å². The van der Waals surface area contributed by atoms with Crippen LogP contribution in [0.1, 0.15) is 25.7 Å². The number of para-hydroxylation sites is 2. The lowest BCUT2D eigenvalue weighted by atomic mass is 9.82. The van der Waals surface area contributed by atoms with Crippen LogP contribution in [0.4, 0.5) is 11.4 Å². The standard InChI is InChI=1S/C12H11N.C8H12O4/c1-3-7-11(8-4-1)13-12-9-5-2-6-10-12;9-7(10)5-1-2-6(4-3-5)8(11)12/h1-10,13H;5-6H,1-4H2,(H,9,10)(H,11,12). The molecule has 0 radical (unpaired) electrons. The van der Waals surface area contributed by atoms with Gasteiger partial charge in [-0.15, -0.1) is 0 Å². The van der Waals surface area contributed by atoms with Gasteiger partial charge in [0.25, 0.3) is 0 Å². The van der Waals surface area contributed by atoms with Crippen LogP contribution in [0.3, 0.4) is 0 Å². The van der Waals surface area contributed by atoms with Crippen molar-refractivity contribution < 1.29 is 19.8 Å². The number of anilines is 2. The van der Waals surface area contributed by atoms with Crippen molar-refractivity contribution in [2.24, 2.45) is 11.8 Å². The molecule has 25 heavy (non-hydrogen) atoms. The van der Waals surface area contributed by atoms with Crippen LogP contribution >= 0.6 is 0 Å². The molecule has 1 fully saturated rings. The van der Waals surface area contributed by atoms with Crippen molar-refractivity contribution in [3.05, 3.63) is 60.7 Å². The van der Waals surface area contributed by atoms with Crippen molar-refractivity contribution in [2.45, 2.75) is 25.7 Å². The average Bonchev–Trinajstić information content (AvgIpc) is 2.64. The smallest absolute Gasteiger partial charge is 0.306 e. The molecule has 3 rings (SSSR count). The van der Waals surface area contributed by atoms with Crippen LogP contribution in [0.15, 0.2) is 60.7 Å². The first-order valence-electron chi connectivity index (χ1n) is 8.39. The molecule has 3 N–H and O–H groups in total. The molecule has 2 aromatic rings. The van der Waals surface area contributed by atoms with Crippen molar-refractivity contribution in [1.29, 1.82) is 0 Å². The Bertz CT molecular complexity index is 605. The van der Waals surface area contributed by atoms with Gasteiger partial charge in [0.15, 0.2) is 0 Å². The maximum absolute atomic E-state index is 10.5. The van der Waals surface area contributed by atoms with Gasteiger partial charge in [0.05, 0.1) is 11.8 Å². The molecule has 1 aliphatic rings. The van der Waals surface area contributed by atoms with Crippen LogP contribution in [0.2, 0.25) is 0 Å². The van der Waals surface area contributed by atoms with E-state index in [0.29, 0.717) is 25.7 Å². The Kier molecular flexibility index (Phi) is 7.01. The highest BCUT2D eigenvalue weighted by molar-refractivity contribution is 5.72. The van der Waals surface area contributed by atoms with Crippen LogP contribution < -0.4 is 5.32 Å². The first-order chi connectivity index (χ1) is 12.1. The van der Waals surface area contributed by atoms with E-state index in [1.54, 1.807) is 0 Å². The Hall–Kier alpha value is -2.82. The van der Waals surface area contributed by atoms with E-state index in [4.69, 9.17) is 10.2 Å². The van der Waals surface area contributed by atoms with Gasteiger partial charge in [-0.2, -0.15) is 0 Å². The van der Waals surface area contributed by atoms with Crippen LogP contribution in [0, 0.1) is 11.8 Å². The number of benzene rings is 2. The maximum Gasteiger partial charge on any atom is 0.306 e. The lowest BCUT2D eigenvalue weighted by Crippen LogP contribution is -2.25. The van der Waals surface area contributed by atoms with Crippen molar-refractivity contribution in [3.63, 3.8) is 0 Å². The van der Waals surface area contributed by atoms with E-state index < -0.39 is 11.9 Å². The van der Waals surface area contributed by atoms with Gasteiger partial charge in [-0.1, -0.05) is 36.4 Å². The Balaban J connectivity index is 0.000000181. The number of aliphatic carboxylic acids is 2. The minimum atomic E-state index is -0.793. The summed E-state index contributed by atoms with van der Waals surface area (Å²) in [5.74, 6) is -2.22. The summed E-state index contributed by atoms with van der Waals surface area (Å²) in [6.07, 6.45) is 2.03.